The van der Waals surface area contributed by atoms with Crippen LogP contribution < -0.4 is 10.5 Å². The standard InChI is InChI=1S/C14H18FN3O/c1-4-14(2,16)13-17-8-10(18-13)12-9(15)6-5-7-11(12)19-3/h5-8H,4,16H2,1-3H3,(H,17,18). The number of aromatic nitrogens is 2. The van der Waals surface area contributed by atoms with Gasteiger partial charge in [-0.1, -0.05) is 13.0 Å². The normalized spacial score (nSPS) is 14.2. The average molecular weight is 263 g/mol. The summed E-state index contributed by atoms with van der Waals surface area (Å²) in [6, 6.07) is 4.70. The smallest absolute Gasteiger partial charge is 0.136 e. The number of nitrogens with one attached hydrogen (secondary N) is 1. The number of halogens is 1. The molecule has 0 radical (unpaired) electrons. The van der Waals surface area contributed by atoms with Crippen molar-refractivity contribution in [3.8, 4) is 17.0 Å². The Bertz CT molecular complexity index is 578. The van der Waals surface area contributed by atoms with Gasteiger partial charge in [-0.3, -0.25) is 0 Å². The van der Waals surface area contributed by atoms with Crippen molar-refractivity contribution in [2.45, 2.75) is 25.8 Å². The van der Waals surface area contributed by atoms with Gasteiger partial charge in [0.15, 0.2) is 0 Å². The first kappa shape index (κ1) is 13.5. The van der Waals surface area contributed by atoms with Crippen LogP contribution in [0.4, 0.5) is 4.39 Å². The number of benzene rings is 1. The van der Waals surface area contributed by atoms with Crippen molar-refractivity contribution < 1.29 is 9.13 Å². The molecule has 2 aromatic rings. The van der Waals surface area contributed by atoms with Crippen LogP contribution in [0.5, 0.6) is 5.75 Å². The minimum absolute atomic E-state index is 0.357. The third kappa shape index (κ3) is 2.46. The highest BCUT2D eigenvalue weighted by atomic mass is 19.1. The van der Waals surface area contributed by atoms with Crippen LogP contribution in [0.2, 0.25) is 0 Å². The summed E-state index contributed by atoms with van der Waals surface area (Å²) in [5, 5.41) is 0. The van der Waals surface area contributed by atoms with Gasteiger partial charge in [-0.15, -0.1) is 0 Å². The fourth-order valence-corrected chi connectivity index (χ4v) is 1.84. The molecule has 1 atom stereocenters. The van der Waals surface area contributed by atoms with Crippen LogP contribution >= 0.6 is 0 Å². The Hall–Kier alpha value is -1.88. The van der Waals surface area contributed by atoms with Crippen molar-refractivity contribution >= 4 is 0 Å². The number of aromatic amines is 1. The highest BCUT2D eigenvalue weighted by Crippen LogP contribution is 2.32. The number of nitrogens with zero attached hydrogens (tertiary/aromatic N) is 1. The van der Waals surface area contributed by atoms with Gasteiger partial charge in [0.25, 0.3) is 0 Å². The van der Waals surface area contributed by atoms with Crippen LogP contribution in [0.1, 0.15) is 26.1 Å². The van der Waals surface area contributed by atoms with Gasteiger partial charge < -0.3 is 15.5 Å². The number of rotatable bonds is 4. The molecule has 1 unspecified atom stereocenters. The Labute approximate surface area is 111 Å². The molecular formula is C14H18FN3O. The molecule has 0 fully saturated rings. The van der Waals surface area contributed by atoms with Crippen molar-refractivity contribution in [2.75, 3.05) is 7.11 Å². The molecule has 19 heavy (non-hydrogen) atoms. The molecule has 0 saturated carbocycles. The summed E-state index contributed by atoms with van der Waals surface area (Å²) in [6.45, 7) is 3.86. The molecule has 0 amide bonds. The molecule has 3 N–H and O–H groups in total. The lowest BCUT2D eigenvalue weighted by molar-refractivity contribution is 0.413. The monoisotopic (exact) mass is 263 g/mol. The van der Waals surface area contributed by atoms with Gasteiger partial charge >= 0.3 is 0 Å². The first-order valence-corrected chi connectivity index (χ1v) is 6.17. The number of imidazole rings is 1. The van der Waals surface area contributed by atoms with Crippen molar-refractivity contribution in [3.63, 3.8) is 0 Å². The molecule has 0 bridgehead atoms. The molecule has 5 heteroatoms. The van der Waals surface area contributed by atoms with Gasteiger partial charge in [0, 0.05) is 0 Å². The maximum Gasteiger partial charge on any atom is 0.136 e. The summed E-state index contributed by atoms with van der Waals surface area (Å²) < 4.78 is 19.1. The van der Waals surface area contributed by atoms with Gasteiger partial charge in [-0.2, -0.15) is 0 Å². The molecule has 2 rings (SSSR count). The SMILES string of the molecule is CCC(C)(N)c1ncc(-c2c(F)cccc2OC)[nH]1. The van der Waals surface area contributed by atoms with E-state index in [1.165, 1.54) is 13.2 Å². The number of hydrogen-bond donors (Lipinski definition) is 2. The Morgan fingerprint density at radius 1 is 1.47 bits per heavy atom. The largest absolute Gasteiger partial charge is 0.496 e. The van der Waals surface area contributed by atoms with Gasteiger partial charge in [-0.05, 0) is 25.5 Å². The van der Waals surface area contributed by atoms with Crippen LogP contribution in [0, 0.1) is 5.82 Å². The van der Waals surface area contributed by atoms with E-state index in [4.69, 9.17) is 10.5 Å². The predicted molar refractivity (Wildman–Crippen MR) is 72.4 cm³/mol. The molecule has 1 aromatic heterocycles. The van der Waals surface area contributed by atoms with Crippen molar-refractivity contribution in [3.05, 3.63) is 36.0 Å². The fraction of sp³-hybridized carbons (Fsp3) is 0.357. The second-order valence-corrected chi connectivity index (χ2v) is 4.73. The lowest BCUT2D eigenvalue weighted by Gasteiger charge is -2.19. The van der Waals surface area contributed by atoms with Crippen molar-refractivity contribution in [1.82, 2.24) is 9.97 Å². The highest BCUT2D eigenvalue weighted by molar-refractivity contribution is 5.67. The van der Waals surface area contributed by atoms with Crippen LogP contribution in [0.3, 0.4) is 0 Å². The summed E-state index contributed by atoms with van der Waals surface area (Å²) in [6.07, 6.45) is 2.31. The number of hydrogen-bond acceptors (Lipinski definition) is 3. The summed E-state index contributed by atoms with van der Waals surface area (Å²) in [4.78, 5) is 7.33. The number of methoxy groups -OCH3 is 1. The Morgan fingerprint density at radius 2 is 2.21 bits per heavy atom. The van der Waals surface area contributed by atoms with E-state index >= 15 is 0 Å². The molecule has 1 aromatic carbocycles. The summed E-state index contributed by atoms with van der Waals surface area (Å²) in [5.74, 6) is 0.741. The summed E-state index contributed by atoms with van der Waals surface area (Å²) in [7, 11) is 1.51. The lowest BCUT2D eigenvalue weighted by Crippen LogP contribution is -2.33. The molecule has 102 valence electrons. The van der Waals surface area contributed by atoms with E-state index in [9.17, 15) is 4.39 Å². The summed E-state index contributed by atoms with van der Waals surface area (Å²) in [5.41, 5.74) is 6.50. The van der Waals surface area contributed by atoms with E-state index in [-0.39, 0.29) is 5.82 Å². The highest BCUT2D eigenvalue weighted by Gasteiger charge is 2.23. The molecule has 4 nitrogen and oxygen atoms in total. The third-order valence-electron chi connectivity index (χ3n) is 3.32. The van der Waals surface area contributed by atoms with Crippen LogP contribution in [0.15, 0.2) is 24.4 Å². The zero-order valence-electron chi connectivity index (χ0n) is 11.3. The Morgan fingerprint density at radius 3 is 2.84 bits per heavy atom. The second kappa shape index (κ2) is 5.01. The van der Waals surface area contributed by atoms with E-state index in [0.29, 0.717) is 22.8 Å². The van der Waals surface area contributed by atoms with Crippen LogP contribution in [0.25, 0.3) is 11.3 Å². The van der Waals surface area contributed by atoms with E-state index in [1.54, 1.807) is 18.3 Å². The fourth-order valence-electron chi connectivity index (χ4n) is 1.84. The topological polar surface area (TPSA) is 63.9 Å². The first-order chi connectivity index (χ1) is 8.99. The van der Waals surface area contributed by atoms with Gasteiger partial charge in [0.2, 0.25) is 0 Å². The van der Waals surface area contributed by atoms with Crippen molar-refractivity contribution in [2.24, 2.45) is 5.73 Å². The molecule has 0 saturated heterocycles. The maximum atomic E-state index is 14.0. The molecule has 0 aliphatic heterocycles. The Balaban J connectivity index is 2.50. The molecule has 0 aliphatic carbocycles. The predicted octanol–water partition coefficient (Wildman–Crippen LogP) is 2.81. The molecular weight excluding hydrogens is 245 g/mol. The molecule has 0 aliphatic rings. The zero-order chi connectivity index (χ0) is 14.0. The Kier molecular flexibility index (Phi) is 3.57. The third-order valence-corrected chi connectivity index (χ3v) is 3.32. The van der Waals surface area contributed by atoms with E-state index in [0.717, 1.165) is 6.42 Å². The minimum atomic E-state index is -0.559. The zero-order valence-corrected chi connectivity index (χ0v) is 11.3. The average Bonchev–Trinajstić information content (AvgIpc) is 2.88. The number of nitrogens with two attached hydrogens (primary N) is 1. The maximum absolute atomic E-state index is 14.0. The lowest BCUT2D eigenvalue weighted by atomic mass is 10.00. The van der Waals surface area contributed by atoms with Gasteiger partial charge in [0.1, 0.15) is 17.4 Å². The number of ether oxygens (including phenoxy) is 1. The van der Waals surface area contributed by atoms with Crippen LogP contribution in [-0.4, -0.2) is 17.1 Å². The minimum Gasteiger partial charge on any atom is -0.496 e. The van der Waals surface area contributed by atoms with Gasteiger partial charge in [-0.25, -0.2) is 9.37 Å². The van der Waals surface area contributed by atoms with E-state index in [2.05, 4.69) is 9.97 Å². The molecule has 1 heterocycles. The van der Waals surface area contributed by atoms with Crippen LogP contribution in [-0.2, 0) is 5.54 Å². The van der Waals surface area contributed by atoms with Crippen molar-refractivity contribution in [1.29, 1.82) is 0 Å². The number of H-pyrrole nitrogens is 1. The van der Waals surface area contributed by atoms with E-state index in [1.807, 2.05) is 13.8 Å². The quantitative estimate of drug-likeness (QED) is 0.891. The van der Waals surface area contributed by atoms with E-state index < -0.39 is 5.54 Å². The molecule has 0 spiro atoms. The first-order valence-electron chi connectivity index (χ1n) is 6.17. The van der Waals surface area contributed by atoms with Gasteiger partial charge in [0.05, 0.1) is 30.1 Å². The summed E-state index contributed by atoms with van der Waals surface area (Å²) >= 11 is 0. The second-order valence-electron chi connectivity index (χ2n) is 4.73.